The van der Waals surface area contributed by atoms with E-state index in [-0.39, 0.29) is 29.9 Å². The average molecular weight is 487 g/mol. The minimum atomic E-state index is -3.83. The number of hydrogen-bond acceptors (Lipinski definition) is 6. The molecule has 2 aliphatic heterocycles. The molecular weight excluding hydrogens is 456 g/mol. The highest BCUT2D eigenvalue weighted by Gasteiger charge is 2.35. The molecule has 2 amide bonds. The van der Waals surface area contributed by atoms with Gasteiger partial charge in [0, 0.05) is 45.5 Å². The van der Waals surface area contributed by atoms with E-state index in [1.807, 2.05) is 43.3 Å². The zero-order valence-corrected chi connectivity index (χ0v) is 20.4. The number of amides is 2. The van der Waals surface area contributed by atoms with Gasteiger partial charge >= 0.3 is 0 Å². The lowest BCUT2D eigenvalue weighted by atomic mass is 9.98. The molecule has 0 unspecified atom stereocenters. The summed E-state index contributed by atoms with van der Waals surface area (Å²) in [7, 11) is 0.107. The smallest absolute Gasteiger partial charge is 0.262 e. The van der Waals surface area contributed by atoms with Crippen LogP contribution in [0.2, 0.25) is 0 Å². The van der Waals surface area contributed by atoms with Gasteiger partial charge in [0.1, 0.15) is 5.75 Å². The molecule has 2 aromatic carbocycles. The van der Waals surface area contributed by atoms with Gasteiger partial charge in [0.25, 0.3) is 5.91 Å². The first kappa shape index (κ1) is 24.0. The van der Waals surface area contributed by atoms with Gasteiger partial charge in [-0.1, -0.05) is 12.1 Å². The number of nitrogens with zero attached hydrogens (tertiary/aromatic N) is 2. The van der Waals surface area contributed by atoms with Gasteiger partial charge in [0.2, 0.25) is 15.9 Å². The van der Waals surface area contributed by atoms with Crippen molar-refractivity contribution in [2.75, 3.05) is 44.0 Å². The highest BCUT2D eigenvalue weighted by molar-refractivity contribution is 7.89. The van der Waals surface area contributed by atoms with E-state index in [0.29, 0.717) is 42.9 Å². The largest absolute Gasteiger partial charge is 0.482 e. The van der Waals surface area contributed by atoms with E-state index in [9.17, 15) is 18.0 Å². The SMILES string of the molecule is Cc1cc2c(cc1S(=O)(=O)N1CCC[C@@H](C(=O)NCc3ccc(N(C)C)cc3)C1)OCC(=O)N2. The third kappa shape index (κ3) is 5.02. The summed E-state index contributed by atoms with van der Waals surface area (Å²) in [5.74, 6) is -0.515. The van der Waals surface area contributed by atoms with Gasteiger partial charge in [-0.3, -0.25) is 9.59 Å². The van der Waals surface area contributed by atoms with Crippen molar-refractivity contribution in [3.8, 4) is 5.75 Å². The second-order valence-corrected chi connectivity index (χ2v) is 10.8. The molecule has 2 heterocycles. The third-order valence-corrected chi connectivity index (χ3v) is 8.21. The molecule has 9 nitrogen and oxygen atoms in total. The van der Waals surface area contributed by atoms with Crippen LogP contribution in [-0.4, -0.2) is 58.3 Å². The lowest BCUT2D eigenvalue weighted by Gasteiger charge is -2.32. The molecule has 4 rings (SSSR count). The minimum absolute atomic E-state index is 0.127. The van der Waals surface area contributed by atoms with Gasteiger partial charge < -0.3 is 20.3 Å². The molecule has 0 aromatic heterocycles. The van der Waals surface area contributed by atoms with Gasteiger partial charge in [-0.2, -0.15) is 4.31 Å². The second-order valence-electron chi connectivity index (χ2n) is 8.93. The quantitative estimate of drug-likeness (QED) is 0.648. The molecule has 2 N–H and O–H groups in total. The van der Waals surface area contributed by atoms with E-state index < -0.39 is 15.9 Å². The van der Waals surface area contributed by atoms with Crippen molar-refractivity contribution in [1.82, 2.24) is 9.62 Å². The molecule has 0 radical (unpaired) electrons. The Morgan fingerprint density at radius 1 is 1.24 bits per heavy atom. The summed E-state index contributed by atoms with van der Waals surface area (Å²) in [6, 6.07) is 11.0. The summed E-state index contributed by atoms with van der Waals surface area (Å²) < 4.78 is 33.7. The summed E-state index contributed by atoms with van der Waals surface area (Å²) in [5, 5.41) is 5.64. The number of fused-ring (bicyclic) bond motifs is 1. The van der Waals surface area contributed by atoms with Crippen LogP contribution in [0, 0.1) is 12.8 Å². The fourth-order valence-electron chi connectivity index (χ4n) is 4.25. The molecular formula is C24H30N4O5S. The summed E-state index contributed by atoms with van der Waals surface area (Å²) in [5.41, 5.74) is 3.03. The van der Waals surface area contributed by atoms with Gasteiger partial charge in [0.05, 0.1) is 16.5 Å². The number of nitrogens with one attached hydrogen (secondary N) is 2. The Morgan fingerprint density at radius 3 is 2.68 bits per heavy atom. The summed E-state index contributed by atoms with van der Waals surface area (Å²) in [6.45, 7) is 2.40. The van der Waals surface area contributed by atoms with E-state index in [1.165, 1.54) is 10.4 Å². The van der Waals surface area contributed by atoms with Crippen LogP contribution in [0.1, 0.15) is 24.0 Å². The molecule has 34 heavy (non-hydrogen) atoms. The number of sulfonamides is 1. The Balaban J connectivity index is 1.43. The fraction of sp³-hybridized carbons (Fsp3) is 0.417. The highest BCUT2D eigenvalue weighted by Crippen LogP contribution is 2.35. The van der Waals surface area contributed by atoms with Crippen molar-refractivity contribution in [3.05, 3.63) is 47.5 Å². The Kier molecular flexibility index (Phi) is 6.81. The van der Waals surface area contributed by atoms with Crippen LogP contribution < -0.4 is 20.3 Å². The fourth-order valence-corrected chi connectivity index (χ4v) is 6.00. The van der Waals surface area contributed by atoms with E-state index in [2.05, 4.69) is 10.6 Å². The van der Waals surface area contributed by atoms with Crippen LogP contribution in [0.25, 0.3) is 0 Å². The Morgan fingerprint density at radius 2 is 1.97 bits per heavy atom. The summed E-state index contributed by atoms with van der Waals surface area (Å²) >= 11 is 0. The van der Waals surface area contributed by atoms with E-state index in [1.54, 1.807) is 13.0 Å². The normalized spacial score (nSPS) is 18.4. The summed E-state index contributed by atoms with van der Waals surface area (Å²) in [6.07, 6.45) is 1.24. The first-order valence-electron chi connectivity index (χ1n) is 11.3. The first-order valence-corrected chi connectivity index (χ1v) is 12.7. The predicted molar refractivity (Wildman–Crippen MR) is 129 cm³/mol. The zero-order valence-electron chi connectivity index (χ0n) is 19.6. The van der Waals surface area contributed by atoms with Crippen molar-refractivity contribution in [2.24, 2.45) is 5.92 Å². The van der Waals surface area contributed by atoms with E-state index >= 15 is 0 Å². The maximum absolute atomic E-state index is 13.4. The van der Waals surface area contributed by atoms with Crippen LogP contribution in [0.5, 0.6) is 5.75 Å². The van der Waals surface area contributed by atoms with Gasteiger partial charge in [0.15, 0.2) is 6.61 Å². The number of benzene rings is 2. The third-order valence-electron chi connectivity index (χ3n) is 6.20. The molecule has 1 saturated heterocycles. The number of hydrogen-bond donors (Lipinski definition) is 2. The van der Waals surface area contributed by atoms with Gasteiger partial charge in [-0.25, -0.2) is 8.42 Å². The molecule has 0 spiro atoms. The number of piperidine rings is 1. The molecule has 1 fully saturated rings. The number of aryl methyl sites for hydroxylation is 1. The first-order chi connectivity index (χ1) is 16.1. The van der Waals surface area contributed by atoms with Crippen LogP contribution in [0.15, 0.2) is 41.3 Å². The number of anilines is 2. The van der Waals surface area contributed by atoms with Gasteiger partial charge in [-0.05, 0) is 49.1 Å². The zero-order chi connectivity index (χ0) is 24.5. The lowest BCUT2D eigenvalue weighted by molar-refractivity contribution is -0.126. The number of rotatable bonds is 6. The number of carbonyl (C=O) groups excluding carboxylic acids is 2. The predicted octanol–water partition coefficient (Wildman–Crippen LogP) is 2.11. The molecule has 0 saturated carbocycles. The Bertz CT molecular complexity index is 1190. The molecule has 0 aliphatic carbocycles. The average Bonchev–Trinajstić information content (AvgIpc) is 2.82. The molecule has 2 aromatic rings. The molecule has 2 aliphatic rings. The van der Waals surface area contributed by atoms with Crippen molar-refractivity contribution in [1.29, 1.82) is 0 Å². The van der Waals surface area contributed by atoms with Gasteiger partial charge in [-0.15, -0.1) is 0 Å². The maximum Gasteiger partial charge on any atom is 0.262 e. The standard InChI is InChI=1S/C24H30N4O5S/c1-16-11-20-21(33-15-23(29)26-20)12-22(16)34(31,32)28-10-4-5-18(14-28)24(30)25-13-17-6-8-19(9-7-17)27(2)3/h6-9,11-12,18H,4-5,10,13-15H2,1-3H3,(H,25,30)(H,26,29)/t18-/m1/s1. The summed E-state index contributed by atoms with van der Waals surface area (Å²) in [4.78, 5) is 26.5. The number of ether oxygens (including phenoxy) is 1. The highest BCUT2D eigenvalue weighted by atomic mass is 32.2. The van der Waals surface area contributed by atoms with Crippen molar-refractivity contribution < 1.29 is 22.7 Å². The second kappa shape index (κ2) is 9.63. The Labute approximate surface area is 200 Å². The van der Waals surface area contributed by atoms with Crippen LogP contribution in [-0.2, 0) is 26.2 Å². The van der Waals surface area contributed by atoms with Crippen molar-refractivity contribution in [2.45, 2.75) is 31.2 Å². The molecule has 10 heteroatoms. The minimum Gasteiger partial charge on any atom is -0.482 e. The molecule has 1 atom stereocenters. The lowest BCUT2D eigenvalue weighted by Crippen LogP contribution is -2.45. The van der Waals surface area contributed by atoms with Crippen molar-refractivity contribution >= 4 is 33.2 Å². The van der Waals surface area contributed by atoms with Crippen LogP contribution in [0.4, 0.5) is 11.4 Å². The monoisotopic (exact) mass is 486 g/mol. The Hall–Kier alpha value is -3.11. The molecule has 0 bridgehead atoms. The van der Waals surface area contributed by atoms with Crippen LogP contribution >= 0.6 is 0 Å². The molecule has 182 valence electrons. The van der Waals surface area contributed by atoms with Crippen molar-refractivity contribution in [3.63, 3.8) is 0 Å². The van der Waals surface area contributed by atoms with E-state index in [0.717, 1.165) is 11.3 Å². The topological polar surface area (TPSA) is 108 Å². The number of carbonyl (C=O) groups is 2. The van der Waals surface area contributed by atoms with E-state index in [4.69, 9.17) is 4.74 Å². The van der Waals surface area contributed by atoms with Crippen LogP contribution in [0.3, 0.4) is 0 Å². The maximum atomic E-state index is 13.4.